The number of nitrogens with two attached hydrogens (primary N) is 2. The Balaban J connectivity index is 2.31. The minimum atomic E-state index is -0.231. The average Bonchev–Trinajstić information content (AvgIpc) is 2.41. The monoisotopic (exact) mass is 337 g/mol. The van der Waals surface area contributed by atoms with Gasteiger partial charge in [0, 0.05) is 10.2 Å². The number of halogens is 2. The summed E-state index contributed by atoms with van der Waals surface area (Å²) < 4.78 is 14.1. The topological polar surface area (TPSA) is 64.1 Å². The standard InChI is InChI=1S/C15H17BrFN3/c1-9-6-12(17)4-2-10(9)7-15(20-19)13-8-11(16)3-5-14(13)18/h2-6,8,15,20H,7,18-19H2,1H3. The van der Waals surface area contributed by atoms with E-state index in [0.29, 0.717) is 12.1 Å². The summed E-state index contributed by atoms with van der Waals surface area (Å²) >= 11 is 3.43. The first-order valence-corrected chi connectivity index (χ1v) is 7.06. The summed E-state index contributed by atoms with van der Waals surface area (Å²) in [6.45, 7) is 1.89. The average molecular weight is 338 g/mol. The van der Waals surface area contributed by atoms with Crippen LogP contribution in [-0.2, 0) is 6.42 Å². The molecule has 0 fully saturated rings. The fraction of sp³-hybridized carbons (Fsp3) is 0.200. The molecule has 0 aliphatic carbocycles. The second kappa shape index (κ2) is 6.35. The van der Waals surface area contributed by atoms with Gasteiger partial charge in [0.2, 0.25) is 0 Å². The molecule has 20 heavy (non-hydrogen) atoms. The van der Waals surface area contributed by atoms with Crippen LogP contribution in [0.25, 0.3) is 0 Å². The zero-order valence-corrected chi connectivity index (χ0v) is 12.7. The number of rotatable bonds is 4. The van der Waals surface area contributed by atoms with Crippen LogP contribution >= 0.6 is 15.9 Å². The summed E-state index contributed by atoms with van der Waals surface area (Å²) in [4.78, 5) is 0. The molecule has 2 aromatic rings. The number of anilines is 1. The lowest BCUT2D eigenvalue weighted by Crippen LogP contribution is -2.30. The Morgan fingerprint density at radius 3 is 2.65 bits per heavy atom. The van der Waals surface area contributed by atoms with Gasteiger partial charge in [-0.2, -0.15) is 0 Å². The summed E-state index contributed by atoms with van der Waals surface area (Å²) in [7, 11) is 0. The summed E-state index contributed by atoms with van der Waals surface area (Å²) in [5.41, 5.74) is 12.3. The second-order valence-electron chi connectivity index (χ2n) is 4.77. The van der Waals surface area contributed by atoms with Crippen LogP contribution in [-0.4, -0.2) is 0 Å². The van der Waals surface area contributed by atoms with E-state index in [1.807, 2.05) is 25.1 Å². The third-order valence-electron chi connectivity index (χ3n) is 3.35. The SMILES string of the molecule is Cc1cc(F)ccc1CC(NN)c1cc(Br)ccc1N. The van der Waals surface area contributed by atoms with Crippen LogP contribution in [0.3, 0.4) is 0 Å². The lowest BCUT2D eigenvalue weighted by Gasteiger charge is -2.19. The van der Waals surface area contributed by atoms with Gasteiger partial charge in [-0.1, -0.05) is 22.0 Å². The molecule has 0 amide bonds. The quantitative estimate of drug-likeness (QED) is 0.456. The van der Waals surface area contributed by atoms with Gasteiger partial charge in [0.1, 0.15) is 5.82 Å². The number of nitrogens with one attached hydrogen (secondary N) is 1. The molecule has 0 saturated heterocycles. The van der Waals surface area contributed by atoms with E-state index in [9.17, 15) is 4.39 Å². The molecule has 1 atom stereocenters. The minimum absolute atomic E-state index is 0.128. The van der Waals surface area contributed by atoms with Gasteiger partial charge < -0.3 is 5.73 Å². The highest BCUT2D eigenvalue weighted by molar-refractivity contribution is 9.10. The highest BCUT2D eigenvalue weighted by Gasteiger charge is 2.15. The van der Waals surface area contributed by atoms with Gasteiger partial charge in [0.25, 0.3) is 0 Å². The Morgan fingerprint density at radius 1 is 1.25 bits per heavy atom. The van der Waals surface area contributed by atoms with Crippen LogP contribution in [0.1, 0.15) is 22.7 Å². The molecule has 0 aliphatic rings. The van der Waals surface area contributed by atoms with Crippen molar-refractivity contribution in [3.05, 3.63) is 63.4 Å². The van der Waals surface area contributed by atoms with Crippen LogP contribution in [0.4, 0.5) is 10.1 Å². The van der Waals surface area contributed by atoms with Crippen LogP contribution in [0.5, 0.6) is 0 Å². The van der Waals surface area contributed by atoms with Crippen LogP contribution in [0.15, 0.2) is 40.9 Å². The van der Waals surface area contributed by atoms with E-state index in [-0.39, 0.29) is 11.9 Å². The normalized spacial score (nSPS) is 12.4. The smallest absolute Gasteiger partial charge is 0.123 e. The number of hydrogen-bond donors (Lipinski definition) is 3. The summed E-state index contributed by atoms with van der Waals surface area (Å²) in [6, 6.07) is 10.3. The Labute approximate surface area is 126 Å². The molecule has 0 saturated carbocycles. The molecule has 0 aromatic heterocycles. The molecule has 2 aromatic carbocycles. The summed E-state index contributed by atoms with van der Waals surface area (Å²) in [5, 5.41) is 0. The van der Waals surface area contributed by atoms with Crippen molar-refractivity contribution in [2.45, 2.75) is 19.4 Å². The predicted molar refractivity (Wildman–Crippen MR) is 83.5 cm³/mol. The maximum Gasteiger partial charge on any atom is 0.123 e. The van der Waals surface area contributed by atoms with E-state index in [0.717, 1.165) is 21.2 Å². The predicted octanol–water partition coefficient (Wildman–Crippen LogP) is 3.23. The fourth-order valence-corrected chi connectivity index (χ4v) is 2.59. The van der Waals surface area contributed by atoms with E-state index in [1.165, 1.54) is 12.1 Å². The van der Waals surface area contributed by atoms with Crippen LogP contribution < -0.4 is 17.0 Å². The van der Waals surface area contributed by atoms with Crippen molar-refractivity contribution in [1.82, 2.24) is 5.43 Å². The molecule has 3 nitrogen and oxygen atoms in total. The maximum atomic E-state index is 13.1. The molecule has 0 spiro atoms. The van der Waals surface area contributed by atoms with Gasteiger partial charge in [0.05, 0.1) is 6.04 Å². The first-order chi connectivity index (χ1) is 9.51. The molecule has 0 heterocycles. The molecule has 0 bridgehead atoms. The van der Waals surface area contributed by atoms with Crippen molar-refractivity contribution in [2.24, 2.45) is 5.84 Å². The van der Waals surface area contributed by atoms with Crippen molar-refractivity contribution in [3.8, 4) is 0 Å². The van der Waals surface area contributed by atoms with E-state index in [4.69, 9.17) is 11.6 Å². The van der Waals surface area contributed by atoms with E-state index >= 15 is 0 Å². The van der Waals surface area contributed by atoms with Crippen molar-refractivity contribution < 1.29 is 4.39 Å². The number of nitrogen functional groups attached to an aromatic ring is 1. The second-order valence-corrected chi connectivity index (χ2v) is 5.68. The Morgan fingerprint density at radius 2 is 2.00 bits per heavy atom. The summed E-state index contributed by atoms with van der Waals surface area (Å²) in [5.74, 6) is 5.43. The Hall–Kier alpha value is -1.43. The first kappa shape index (κ1) is 15.0. The van der Waals surface area contributed by atoms with Gasteiger partial charge in [0.15, 0.2) is 0 Å². The third kappa shape index (κ3) is 3.36. The largest absolute Gasteiger partial charge is 0.398 e. The van der Waals surface area contributed by atoms with Gasteiger partial charge >= 0.3 is 0 Å². The van der Waals surface area contributed by atoms with Crippen molar-refractivity contribution in [2.75, 3.05) is 5.73 Å². The summed E-state index contributed by atoms with van der Waals surface area (Å²) in [6.07, 6.45) is 0.642. The molecular weight excluding hydrogens is 321 g/mol. The molecule has 5 heteroatoms. The number of aryl methyl sites for hydroxylation is 1. The minimum Gasteiger partial charge on any atom is -0.398 e. The highest BCUT2D eigenvalue weighted by atomic mass is 79.9. The van der Waals surface area contributed by atoms with E-state index < -0.39 is 0 Å². The first-order valence-electron chi connectivity index (χ1n) is 6.27. The molecule has 0 radical (unpaired) electrons. The fourth-order valence-electron chi connectivity index (χ4n) is 2.21. The maximum absolute atomic E-state index is 13.1. The van der Waals surface area contributed by atoms with Crippen molar-refractivity contribution in [1.29, 1.82) is 0 Å². The van der Waals surface area contributed by atoms with Gasteiger partial charge in [-0.25, -0.2) is 4.39 Å². The highest BCUT2D eigenvalue weighted by Crippen LogP contribution is 2.27. The third-order valence-corrected chi connectivity index (χ3v) is 3.85. The van der Waals surface area contributed by atoms with Crippen molar-refractivity contribution in [3.63, 3.8) is 0 Å². The molecule has 0 aliphatic heterocycles. The van der Waals surface area contributed by atoms with Gasteiger partial charge in [-0.3, -0.25) is 11.3 Å². The zero-order valence-electron chi connectivity index (χ0n) is 11.2. The zero-order chi connectivity index (χ0) is 14.7. The Bertz CT molecular complexity index is 616. The van der Waals surface area contributed by atoms with E-state index in [2.05, 4.69) is 21.4 Å². The number of hydrazine groups is 1. The molecule has 1 unspecified atom stereocenters. The number of hydrogen-bond acceptors (Lipinski definition) is 3. The van der Waals surface area contributed by atoms with Gasteiger partial charge in [-0.15, -0.1) is 0 Å². The van der Waals surface area contributed by atoms with E-state index in [1.54, 1.807) is 6.07 Å². The molecular formula is C15H17BrFN3. The number of benzene rings is 2. The molecule has 5 N–H and O–H groups in total. The Kier molecular flexibility index (Phi) is 4.75. The lowest BCUT2D eigenvalue weighted by atomic mass is 9.95. The lowest BCUT2D eigenvalue weighted by molar-refractivity contribution is 0.550. The van der Waals surface area contributed by atoms with Crippen LogP contribution in [0.2, 0.25) is 0 Å². The van der Waals surface area contributed by atoms with Crippen molar-refractivity contribution >= 4 is 21.6 Å². The van der Waals surface area contributed by atoms with Gasteiger partial charge in [-0.05, 0) is 60.4 Å². The molecule has 106 valence electrons. The molecule has 2 rings (SSSR count). The van der Waals surface area contributed by atoms with Crippen LogP contribution in [0, 0.1) is 12.7 Å².